The number of anilines is 1. The number of aryl methyl sites for hydroxylation is 1. The molecule has 0 spiro atoms. The Kier molecular flexibility index (Phi) is 3.49. The van der Waals surface area contributed by atoms with Crippen LogP contribution >= 0.6 is 0 Å². The maximum absolute atomic E-state index is 12.7. The van der Waals surface area contributed by atoms with Crippen LogP contribution < -0.4 is 4.90 Å². The van der Waals surface area contributed by atoms with E-state index in [4.69, 9.17) is 9.15 Å². The highest BCUT2D eigenvalue weighted by atomic mass is 16.5. The first-order valence-electron chi connectivity index (χ1n) is 7.72. The van der Waals surface area contributed by atoms with Crippen molar-refractivity contribution in [1.82, 2.24) is 14.9 Å². The minimum Gasteiger partial charge on any atom is -0.469 e. The number of morpholine rings is 1. The molecular weight excluding hydrogens is 296 g/mol. The number of hydrogen-bond acceptors (Lipinski definition) is 6. The minimum absolute atomic E-state index is 0.0105. The van der Waals surface area contributed by atoms with Crippen LogP contribution in [0.3, 0.4) is 0 Å². The Morgan fingerprint density at radius 2 is 2.13 bits per heavy atom. The highest BCUT2D eigenvalue weighted by molar-refractivity contribution is 5.95. The van der Waals surface area contributed by atoms with E-state index in [0.717, 1.165) is 6.54 Å². The second-order valence-corrected chi connectivity index (χ2v) is 5.82. The number of nitrogens with zero attached hydrogens (tertiary/aromatic N) is 4. The van der Waals surface area contributed by atoms with Gasteiger partial charge in [0.25, 0.3) is 5.91 Å². The van der Waals surface area contributed by atoms with E-state index < -0.39 is 0 Å². The van der Waals surface area contributed by atoms with Crippen molar-refractivity contribution < 1.29 is 13.9 Å². The molecule has 0 unspecified atom stereocenters. The zero-order chi connectivity index (χ0) is 15.8. The van der Waals surface area contributed by atoms with Crippen molar-refractivity contribution in [2.45, 2.75) is 19.1 Å². The maximum atomic E-state index is 12.7. The van der Waals surface area contributed by atoms with Crippen molar-refractivity contribution in [2.24, 2.45) is 0 Å². The summed E-state index contributed by atoms with van der Waals surface area (Å²) in [6, 6.07) is 3.61. The lowest BCUT2D eigenvalue weighted by Crippen LogP contribution is -2.51. The molecule has 4 rings (SSSR count). The molecule has 0 bridgehead atoms. The topological polar surface area (TPSA) is 71.7 Å². The fourth-order valence-corrected chi connectivity index (χ4v) is 3.32. The van der Waals surface area contributed by atoms with Crippen LogP contribution in [0.4, 0.5) is 5.95 Å². The summed E-state index contributed by atoms with van der Waals surface area (Å²) in [5.74, 6) is 1.33. The van der Waals surface area contributed by atoms with Crippen LogP contribution in [0.1, 0.15) is 16.1 Å². The highest BCUT2D eigenvalue weighted by Crippen LogP contribution is 2.27. The number of carbonyl (C=O) groups is 1. The van der Waals surface area contributed by atoms with Gasteiger partial charge in [0.15, 0.2) is 0 Å². The van der Waals surface area contributed by atoms with E-state index in [2.05, 4.69) is 14.9 Å². The molecule has 4 heterocycles. The molecule has 0 aromatic carbocycles. The van der Waals surface area contributed by atoms with Crippen LogP contribution in [0.5, 0.6) is 0 Å². The van der Waals surface area contributed by atoms with Gasteiger partial charge in [0.05, 0.1) is 30.6 Å². The molecule has 1 amide bonds. The fraction of sp³-hybridized carbons (Fsp3) is 0.438. The van der Waals surface area contributed by atoms with Crippen molar-refractivity contribution in [3.05, 3.63) is 42.1 Å². The Bertz CT molecular complexity index is 702. The summed E-state index contributed by atoms with van der Waals surface area (Å²) in [4.78, 5) is 25.3. The van der Waals surface area contributed by atoms with E-state index in [1.54, 1.807) is 37.7 Å². The molecule has 2 aromatic heterocycles. The lowest BCUT2D eigenvalue weighted by Gasteiger charge is -2.36. The van der Waals surface area contributed by atoms with Crippen molar-refractivity contribution in [3.63, 3.8) is 0 Å². The molecule has 0 N–H and O–H groups in total. The summed E-state index contributed by atoms with van der Waals surface area (Å²) in [5.41, 5.74) is 0.617. The van der Waals surface area contributed by atoms with Crippen molar-refractivity contribution in [3.8, 4) is 0 Å². The van der Waals surface area contributed by atoms with E-state index in [0.29, 0.717) is 37.0 Å². The van der Waals surface area contributed by atoms with Crippen LogP contribution in [0.2, 0.25) is 0 Å². The molecule has 0 saturated carbocycles. The molecule has 2 aliphatic rings. The smallest absolute Gasteiger partial charge is 0.257 e. The van der Waals surface area contributed by atoms with E-state index in [1.165, 1.54) is 0 Å². The number of hydrogen-bond donors (Lipinski definition) is 0. The van der Waals surface area contributed by atoms with Crippen LogP contribution in [0, 0.1) is 6.92 Å². The van der Waals surface area contributed by atoms with Gasteiger partial charge < -0.3 is 19.0 Å². The second kappa shape index (κ2) is 5.66. The highest BCUT2D eigenvalue weighted by Gasteiger charge is 2.43. The molecule has 2 saturated heterocycles. The summed E-state index contributed by atoms with van der Waals surface area (Å²) < 4.78 is 11.1. The van der Waals surface area contributed by atoms with Gasteiger partial charge in [-0.25, -0.2) is 9.97 Å². The van der Waals surface area contributed by atoms with E-state index in [9.17, 15) is 4.79 Å². The SMILES string of the molecule is Cc1occc1C(=O)N1C[C@@H]2OCCN(c3ncccn3)[C@@H]2C1. The molecular formula is C16H18N4O3. The zero-order valence-corrected chi connectivity index (χ0v) is 12.9. The molecule has 2 aliphatic heterocycles. The average molecular weight is 314 g/mol. The Labute approximate surface area is 133 Å². The van der Waals surface area contributed by atoms with Gasteiger partial charge in [-0.05, 0) is 19.1 Å². The Morgan fingerprint density at radius 3 is 2.87 bits per heavy atom. The lowest BCUT2D eigenvalue weighted by atomic mass is 10.1. The summed E-state index contributed by atoms with van der Waals surface area (Å²) in [7, 11) is 0. The first-order valence-corrected chi connectivity index (χ1v) is 7.72. The Morgan fingerprint density at radius 1 is 1.30 bits per heavy atom. The van der Waals surface area contributed by atoms with E-state index in [-0.39, 0.29) is 18.1 Å². The molecule has 2 fully saturated rings. The molecule has 2 aromatic rings. The lowest BCUT2D eigenvalue weighted by molar-refractivity contribution is 0.0296. The quantitative estimate of drug-likeness (QED) is 0.827. The van der Waals surface area contributed by atoms with Crippen LogP contribution in [0.15, 0.2) is 35.2 Å². The molecule has 120 valence electrons. The monoisotopic (exact) mass is 314 g/mol. The summed E-state index contributed by atoms with van der Waals surface area (Å²) >= 11 is 0. The normalized spacial score (nSPS) is 23.9. The summed E-state index contributed by atoms with van der Waals surface area (Å²) in [6.07, 6.45) is 5.01. The Balaban J connectivity index is 1.55. The van der Waals surface area contributed by atoms with E-state index in [1.807, 2.05) is 4.90 Å². The number of ether oxygens (including phenoxy) is 1. The third-order valence-electron chi connectivity index (χ3n) is 4.49. The van der Waals surface area contributed by atoms with Gasteiger partial charge in [-0.15, -0.1) is 0 Å². The zero-order valence-electron chi connectivity index (χ0n) is 12.9. The third kappa shape index (κ3) is 2.46. The number of aromatic nitrogens is 2. The van der Waals surface area contributed by atoms with Crippen molar-refractivity contribution in [1.29, 1.82) is 0 Å². The number of carbonyl (C=O) groups excluding carboxylic acids is 1. The standard InChI is InChI=1S/C16H18N4O3/c1-11-12(3-7-22-11)15(21)19-9-13-14(10-19)23-8-6-20(13)16-17-4-2-5-18-16/h2-5,7,13-14H,6,8-10H2,1H3/t13-,14+/m1/s1. The number of likely N-dealkylation sites (tertiary alicyclic amines) is 1. The molecule has 0 radical (unpaired) electrons. The number of furan rings is 1. The van der Waals surface area contributed by atoms with Gasteiger partial charge in [0.2, 0.25) is 5.95 Å². The number of fused-ring (bicyclic) bond motifs is 1. The van der Waals surface area contributed by atoms with Gasteiger partial charge in [0, 0.05) is 32.0 Å². The summed E-state index contributed by atoms with van der Waals surface area (Å²) in [5, 5.41) is 0. The minimum atomic E-state index is -0.0109. The van der Waals surface area contributed by atoms with Crippen LogP contribution in [-0.4, -0.2) is 59.2 Å². The van der Waals surface area contributed by atoms with Crippen molar-refractivity contribution in [2.75, 3.05) is 31.1 Å². The fourth-order valence-electron chi connectivity index (χ4n) is 3.32. The molecule has 7 nitrogen and oxygen atoms in total. The van der Waals surface area contributed by atoms with Crippen LogP contribution in [-0.2, 0) is 4.74 Å². The maximum Gasteiger partial charge on any atom is 0.257 e. The van der Waals surface area contributed by atoms with Gasteiger partial charge in [-0.2, -0.15) is 0 Å². The molecule has 23 heavy (non-hydrogen) atoms. The molecule has 7 heteroatoms. The van der Waals surface area contributed by atoms with Crippen LogP contribution in [0.25, 0.3) is 0 Å². The van der Waals surface area contributed by atoms with Gasteiger partial charge in [-0.3, -0.25) is 4.79 Å². The average Bonchev–Trinajstić information content (AvgIpc) is 3.20. The first-order chi connectivity index (χ1) is 11.2. The number of amides is 1. The van der Waals surface area contributed by atoms with Gasteiger partial charge >= 0.3 is 0 Å². The first kappa shape index (κ1) is 14.2. The summed E-state index contributed by atoms with van der Waals surface area (Å²) in [6.45, 7) is 4.34. The van der Waals surface area contributed by atoms with Crippen molar-refractivity contribution >= 4 is 11.9 Å². The molecule has 0 aliphatic carbocycles. The predicted molar refractivity (Wildman–Crippen MR) is 82.3 cm³/mol. The third-order valence-corrected chi connectivity index (χ3v) is 4.49. The predicted octanol–water partition coefficient (Wildman–Crippen LogP) is 1.11. The molecule has 2 atom stereocenters. The van der Waals surface area contributed by atoms with Gasteiger partial charge in [-0.1, -0.05) is 0 Å². The number of rotatable bonds is 2. The largest absolute Gasteiger partial charge is 0.469 e. The second-order valence-electron chi connectivity index (χ2n) is 5.82. The van der Waals surface area contributed by atoms with Gasteiger partial charge in [0.1, 0.15) is 5.76 Å². The van der Waals surface area contributed by atoms with E-state index >= 15 is 0 Å². The Hall–Kier alpha value is -2.41.